The first-order valence-corrected chi connectivity index (χ1v) is 7.01. The number of nitrogens with zero attached hydrogens (tertiary/aromatic N) is 2. The topological polar surface area (TPSA) is 47.3 Å². The van der Waals surface area contributed by atoms with Crippen LogP contribution in [0.15, 0.2) is 30.6 Å². The number of ether oxygens (including phenoxy) is 1. The van der Waals surface area contributed by atoms with Crippen molar-refractivity contribution in [3.05, 3.63) is 47.3 Å². The Bertz CT molecular complexity index is 631. The lowest BCUT2D eigenvalue weighted by Crippen LogP contribution is -2.25. The number of benzene rings is 1. The zero-order valence-corrected chi connectivity index (χ0v) is 12.1. The van der Waals surface area contributed by atoms with E-state index < -0.39 is 6.10 Å². The van der Waals surface area contributed by atoms with Crippen LogP contribution in [0.5, 0.6) is 5.75 Å². The van der Waals surface area contributed by atoms with Gasteiger partial charge in [0.15, 0.2) is 0 Å². The highest BCUT2D eigenvalue weighted by Gasteiger charge is 2.33. The molecule has 0 fully saturated rings. The highest BCUT2D eigenvalue weighted by Crippen LogP contribution is 2.41. The number of aliphatic hydroxyl groups is 1. The van der Waals surface area contributed by atoms with E-state index in [0.717, 1.165) is 35.4 Å². The molecule has 1 N–H and O–H groups in total. The third kappa shape index (κ3) is 2.20. The smallest absolute Gasteiger partial charge is 0.129 e. The molecule has 0 spiro atoms. The van der Waals surface area contributed by atoms with Gasteiger partial charge in [0.2, 0.25) is 0 Å². The average molecular weight is 272 g/mol. The van der Waals surface area contributed by atoms with Gasteiger partial charge in [-0.15, -0.1) is 0 Å². The second-order valence-corrected chi connectivity index (χ2v) is 5.91. The molecule has 0 aliphatic carbocycles. The number of rotatable bonds is 3. The first-order chi connectivity index (χ1) is 9.50. The lowest BCUT2D eigenvalue weighted by Gasteiger charge is -2.19. The van der Waals surface area contributed by atoms with Crippen molar-refractivity contribution in [3.63, 3.8) is 0 Å². The predicted molar refractivity (Wildman–Crippen MR) is 76.8 cm³/mol. The van der Waals surface area contributed by atoms with Crippen molar-refractivity contribution in [3.8, 4) is 5.75 Å². The van der Waals surface area contributed by atoms with Crippen LogP contribution in [-0.4, -0.2) is 20.5 Å². The lowest BCUT2D eigenvalue weighted by molar-refractivity contribution is 0.131. The molecular weight excluding hydrogens is 252 g/mol. The number of fused-ring (bicyclic) bond motifs is 1. The summed E-state index contributed by atoms with van der Waals surface area (Å²) in [7, 11) is 0. The standard InChI is InChI=1S/C16H20N2O2/c1-4-18-10-12(9-17-18)14(19)13-7-5-6-11-8-16(2,3)20-15(11)13/h5-7,9-10,14,19H,4,8H2,1-3H3. The Morgan fingerprint density at radius 2 is 2.25 bits per heavy atom. The number of hydrogen-bond donors (Lipinski definition) is 1. The van der Waals surface area contributed by atoms with Crippen molar-refractivity contribution >= 4 is 0 Å². The molecule has 0 saturated carbocycles. The van der Waals surface area contributed by atoms with E-state index in [4.69, 9.17) is 4.74 Å². The summed E-state index contributed by atoms with van der Waals surface area (Å²) in [6.45, 7) is 6.95. The molecule has 2 heterocycles. The monoisotopic (exact) mass is 272 g/mol. The van der Waals surface area contributed by atoms with E-state index in [1.165, 1.54) is 0 Å². The normalized spacial score (nSPS) is 17.6. The van der Waals surface area contributed by atoms with Gasteiger partial charge in [-0.3, -0.25) is 4.68 Å². The number of para-hydroxylation sites is 1. The maximum Gasteiger partial charge on any atom is 0.129 e. The number of aliphatic hydroxyl groups excluding tert-OH is 1. The molecule has 1 aliphatic heterocycles. The van der Waals surface area contributed by atoms with Gasteiger partial charge in [0, 0.05) is 30.3 Å². The molecule has 0 bridgehead atoms. The summed E-state index contributed by atoms with van der Waals surface area (Å²) in [5.41, 5.74) is 2.58. The van der Waals surface area contributed by atoms with Crippen molar-refractivity contribution in [2.45, 2.75) is 45.4 Å². The van der Waals surface area contributed by atoms with Crippen LogP contribution in [0.4, 0.5) is 0 Å². The fourth-order valence-electron chi connectivity index (χ4n) is 2.73. The summed E-state index contributed by atoms with van der Waals surface area (Å²) in [4.78, 5) is 0. The fraction of sp³-hybridized carbons (Fsp3) is 0.438. The summed E-state index contributed by atoms with van der Waals surface area (Å²) in [6, 6.07) is 5.97. The van der Waals surface area contributed by atoms with Crippen molar-refractivity contribution in [1.82, 2.24) is 9.78 Å². The molecule has 4 heteroatoms. The minimum atomic E-state index is -0.695. The van der Waals surface area contributed by atoms with Crippen LogP contribution in [0.1, 0.15) is 43.6 Å². The molecule has 1 aromatic carbocycles. The van der Waals surface area contributed by atoms with Gasteiger partial charge in [-0.25, -0.2) is 0 Å². The molecule has 106 valence electrons. The number of aryl methyl sites for hydroxylation is 1. The molecule has 1 aliphatic rings. The largest absolute Gasteiger partial charge is 0.487 e. The summed E-state index contributed by atoms with van der Waals surface area (Å²) >= 11 is 0. The van der Waals surface area contributed by atoms with E-state index in [0.29, 0.717) is 0 Å². The van der Waals surface area contributed by atoms with Gasteiger partial charge in [-0.2, -0.15) is 5.10 Å². The van der Waals surface area contributed by atoms with Crippen LogP contribution < -0.4 is 4.74 Å². The van der Waals surface area contributed by atoms with Crippen LogP contribution in [0.25, 0.3) is 0 Å². The minimum absolute atomic E-state index is 0.203. The van der Waals surface area contributed by atoms with Crippen molar-refractivity contribution < 1.29 is 9.84 Å². The Kier molecular flexibility index (Phi) is 3.05. The Morgan fingerprint density at radius 1 is 1.45 bits per heavy atom. The summed E-state index contributed by atoms with van der Waals surface area (Å²) in [6.07, 6.45) is 3.77. The SMILES string of the molecule is CCn1cc(C(O)c2cccc3c2OC(C)(C)C3)cn1. The highest BCUT2D eigenvalue weighted by atomic mass is 16.5. The van der Waals surface area contributed by atoms with E-state index in [1.807, 2.05) is 29.9 Å². The third-order valence-corrected chi connectivity index (χ3v) is 3.71. The van der Waals surface area contributed by atoms with E-state index in [2.05, 4.69) is 25.0 Å². The molecule has 1 atom stereocenters. The van der Waals surface area contributed by atoms with Crippen molar-refractivity contribution in [2.75, 3.05) is 0 Å². The van der Waals surface area contributed by atoms with E-state index in [1.54, 1.807) is 6.20 Å². The maximum atomic E-state index is 10.6. The van der Waals surface area contributed by atoms with Gasteiger partial charge in [-0.1, -0.05) is 18.2 Å². The quantitative estimate of drug-likeness (QED) is 0.934. The van der Waals surface area contributed by atoms with Crippen LogP contribution >= 0.6 is 0 Å². The minimum Gasteiger partial charge on any atom is -0.487 e. The molecule has 20 heavy (non-hydrogen) atoms. The zero-order chi connectivity index (χ0) is 14.3. The zero-order valence-electron chi connectivity index (χ0n) is 12.1. The number of aromatic nitrogens is 2. The van der Waals surface area contributed by atoms with Gasteiger partial charge >= 0.3 is 0 Å². The Labute approximate surface area is 119 Å². The van der Waals surface area contributed by atoms with Crippen LogP contribution in [0, 0.1) is 0 Å². The van der Waals surface area contributed by atoms with Gasteiger partial charge in [0.25, 0.3) is 0 Å². The van der Waals surface area contributed by atoms with Crippen LogP contribution in [0.3, 0.4) is 0 Å². The van der Waals surface area contributed by atoms with E-state index in [-0.39, 0.29) is 5.60 Å². The molecule has 3 rings (SSSR count). The predicted octanol–water partition coefficient (Wildman–Crippen LogP) is 2.70. The fourth-order valence-corrected chi connectivity index (χ4v) is 2.73. The second kappa shape index (κ2) is 4.63. The Hall–Kier alpha value is -1.81. The summed E-state index contributed by atoms with van der Waals surface area (Å²) < 4.78 is 7.83. The van der Waals surface area contributed by atoms with Gasteiger partial charge in [-0.05, 0) is 26.3 Å². The number of hydrogen-bond acceptors (Lipinski definition) is 3. The Morgan fingerprint density at radius 3 is 2.95 bits per heavy atom. The van der Waals surface area contributed by atoms with Crippen molar-refractivity contribution in [1.29, 1.82) is 0 Å². The molecule has 1 unspecified atom stereocenters. The third-order valence-electron chi connectivity index (χ3n) is 3.71. The second-order valence-electron chi connectivity index (χ2n) is 5.91. The summed E-state index contributed by atoms with van der Waals surface area (Å²) in [5, 5.41) is 14.8. The van der Waals surface area contributed by atoms with Gasteiger partial charge < -0.3 is 9.84 Å². The molecular formula is C16H20N2O2. The average Bonchev–Trinajstić information content (AvgIpc) is 2.99. The lowest BCUT2D eigenvalue weighted by atomic mass is 9.97. The molecule has 0 radical (unpaired) electrons. The first kappa shape index (κ1) is 13.2. The van der Waals surface area contributed by atoms with E-state index in [9.17, 15) is 5.11 Å². The van der Waals surface area contributed by atoms with Gasteiger partial charge in [0.1, 0.15) is 17.5 Å². The van der Waals surface area contributed by atoms with Crippen LogP contribution in [0.2, 0.25) is 0 Å². The first-order valence-electron chi connectivity index (χ1n) is 7.01. The van der Waals surface area contributed by atoms with Crippen molar-refractivity contribution in [2.24, 2.45) is 0 Å². The van der Waals surface area contributed by atoms with Gasteiger partial charge in [0.05, 0.1) is 6.20 Å². The summed E-state index contributed by atoms with van der Waals surface area (Å²) in [5.74, 6) is 0.828. The molecule has 4 nitrogen and oxygen atoms in total. The molecule has 1 aromatic heterocycles. The van der Waals surface area contributed by atoms with Crippen LogP contribution in [-0.2, 0) is 13.0 Å². The molecule has 0 amide bonds. The molecule has 2 aromatic rings. The Balaban J connectivity index is 1.98. The highest BCUT2D eigenvalue weighted by molar-refractivity contribution is 5.48. The molecule has 0 saturated heterocycles. The van der Waals surface area contributed by atoms with E-state index >= 15 is 0 Å². The maximum absolute atomic E-state index is 10.6.